The van der Waals surface area contributed by atoms with E-state index < -0.39 is 23.1 Å². The van der Waals surface area contributed by atoms with Crippen molar-refractivity contribution in [2.75, 3.05) is 13.7 Å². The van der Waals surface area contributed by atoms with E-state index in [9.17, 15) is 13.6 Å². The number of esters is 1. The van der Waals surface area contributed by atoms with Crippen LogP contribution in [0.3, 0.4) is 0 Å². The number of nitrogens with one attached hydrogen (secondary N) is 1. The SMILES string of the molecule is COC(=O)C(C)(CCOc1cc(F)ccc1F)NC1CC1. The maximum Gasteiger partial charge on any atom is 0.325 e. The zero-order valence-corrected chi connectivity index (χ0v) is 12.1. The lowest BCUT2D eigenvalue weighted by Crippen LogP contribution is -2.52. The predicted octanol–water partition coefficient (Wildman–Crippen LogP) is 2.42. The molecular weight excluding hydrogens is 280 g/mol. The molecule has 21 heavy (non-hydrogen) atoms. The van der Waals surface area contributed by atoms with Gasteiger partial charge in [-0.15, -0.1) is 0 Å². The highest BCUT2D eigenvalue weighted by Crippen LogP contribution is 2.25. The summed E-state index contributed by atoms with van der Waals surface area (Å²) in [5, 5.41) is 3.21. The van der Waals surface area contributed by atoms with Crippen LogP contribution in [0.25, 0.3) is 0 Å². The smallest absolute Gasteiger partial charge is 0.325 e. The highest BCUT2D eigenvalue weighted by atomic mass is 19.1. The Morgan fingerprint density at radius 3 is 2.76 bits per heavy atom. The average Bonchev–Trinajstić information content (AvgIpc) is 3.25. The highest BCUT2D eigenvalue weighted by Gasteiger charge is 2.39. The molecular formula is C15H19F2NO3. The van der Waals surface area contributed by atoms with Crippen LogP contribution in [0.4, 0.5) is 8.78 Å². The Hall–Kier alpha value is -1.69. The van der Waals surface area contributed by atoms with Crippen LogP contribution in [0.15, 0.2) is 18.2 Å². The van der Waals surface area contributed by atoms with E-state index in [1.807, 2.05) is 0 Å². The number of hydrogen-bond donors (Lipinski definition) is 1. The van der Waals surface area contributed by atoms with Crippen LogP contribution in [-0.2, 0) is 9.53 Å². The number of benzene rings is 1. The van der Waals surface area contributed by atoms with Gasteiger partial charge < -0.3 is 9.47 Å². The van der Waals surface area contributed by atoms with E-state index in [4.69, 9.17) is 9.47 Å². The van der Waals surface area contributed by atoms with Crippen LogP contribution in [-0.4, -0.2) is 31.3 Å². The molecule has 1 aliphatic carbocycles. The third-order valence-electron chi connectivity index (χ3n) is 3.49. The molecule has 0 amide bonds. The third kappa shape index (κ3) is 4.14. The van der Waals surface area contributed by atoms with Gasteiger partial charge in [0.2, 0.25) is 0 Å². The van der Waals surface area contributed by atoms with E-state index in [-0.39, 0.29) is 12.4 Å². The lowest BCUT2D eigenvalue weighted by Gasteiger charge is -2.28. The lowest BCUT2D eigenvalue weighted by atomic mass is 9.98. The van der Waals surface area contributed by atoms with E-state index in [1.54, 1.807) is 6.92 Å². The van der Waals surface area contributed by atoms with E-state index in [0.717, 1.165) is 31.0 Å². The second-order valence-corrected chi connectivity index (χ2v) is 5.42. The average molecular weight is 299 g/mol. The summed E-state index contributed by atoms with van der Waals surface area (Å²) >= 11 is 0. The largest absolute Gasteiger partial charge is 0.490 e. The first-order valence-corrected chi connectivity index (χ1v) is 6.88. The van der Waals surface area contributed by atoms with Crippen molar-refractivity contribution in [3.05, 3.63) is 29.8 Å². The predicted molar refractivity (Wildman–Crippen MR) is 73.0 cm³/mol. The maximum atomic E-state index is 13.4. The van der Waals surface area contributed by atoms with Crippen molar-refractivity contribution in [2.45, 2.75) is 37.8 Å². The minimum absolute atomic E-state index is 0.0751. The van der Waals surface area contributed by atoms with Crippen molar-refractivity contribution in [1.29, 1.82) is 0 Å². The zero-order chi connectivity index (χ0) is 15.5. The number of carbonyl (C=O) groups is 1. The van der Waals surface area contributed by atoms with Crippen molar-refractivity contribution in [3.63, 3.8) is 0 Å². The number of halogens is 2. The summed E-state index contributed by atoms with van der Waals surface area (Å²) in [6, 6.07) is 3.32. The van der Waals surface area contributed by atoms with Gasteiger partial charge in [-0.1, -0.05) is 0 Å². The van der Waals surface area contributed by atoms with Gasteiger partial charge in [0.15, 0.2) is 11.6 Å². The van der Waals surface area contributed by atoms with Crippen LogP contribution >= 0.6 is 0 Å². The first-order chi connectivity index (χ1) is 9.94. The van der Waals surface area contributed by atoms with E-state index >= 15 is 0 Å². The van der Waals surface area contributed by atoms with Gasteiger partial charge in [0.05, 0.1) is 13.7 Å². The number of methoxy groups -OCH3 is 1. The van der Waals surface area contributed by atoms with Gasteiger partial charge in [0, 0.05) is 18.5 Å². The summed E-state index contributed by atoms with van der Waals surface area (Å²) < 4.78 is 36.5. The molecule has 2 rings (SSSR count). The fourth-order valence-corrected chi connectivity index (χ4v) is 2.09. The summed E-state index contributed by atoms with van der Waals surface area (Å²) in [5.41, 5.74) is -0.889. The molecule has 4 nitrogen and oxygen atoms in total. The Morgan fingerprint density at radius 2 is 2.14 bits per heavy atom. The monoisotopic (exact) mass is 299 g/mol. The summed E-state index contributed by atoms with van der Waals surface area (Å²) in [7, 11) is 1.32. The Bertz CT molecular complexity index is 520. The Balaban J connectivity index is 1.95. The molecule has 1 atom stereocenters. The number of ether oxygens (including phenoxy) is 2. The van der Waals surface area contributed by atoms with E-state index in [1.165, 1.54) is 7.11 Å². The molecule has 0 radical (unpaired) electrons. The maximum absolute atomic E-state index is 13.4. The first-order valence-electron chi connectivity index (χ1n) is 6.88. The normalized spacial score (nSPS) is 17.1. The molecule has 0 heterocycles. The van der Waals surface area contributed by atoms with Crippen LogP contribution in [0, 0.1) is 11.6 Å². The van der Waals surface area contributed by atoms with Crippen LogP contribution < -0.4 is 10.1 Å². The molecule has 0 saturated heterocycles. The molecule has 1 unspecified atom stereocenters. The number of hydrogen-bond acceptors (Lipinski definition) is 4. The summed E-state index contributed by atoms with van der Waals surface area (Å²) in [6.45, 7) is 1.80. The molecule has 1 N–H and O–H groups in total. The van der Waals surface area contributed by atoms with Gasteiger partial charge in [-0.05, 0) is 31.9 Å². The number of rotatable bonds is 7. The number of carbonyl (C=O) groups excluding carboxylic acids is 1. The Labute approximate surface area is 122 Å². The van der Waals surface area contributed by atoms with E-state index in [0.29, 0.717) is 12.5 Å². The third-order valence-corrected chi connectivity index (χ3v) is 3.49. The molecule has 0 aliphatic heterocycles. The van der Waals surface area contributed by atoms with Gasteiger partial charge >= 0.3 is 5.97 Å². The highest BCUT2D eigenvalue weighted by molar-refractivity contribution is 5.80. The minimum atomic E-state index is -0.889. The molecule has 1 aromatic carbocycles. The lowest BCUT2D eigenvalue weighted by molar-refractivity contribution is -0.148. The van der Waals surface area contributed by atoms with Crippen molar-refractivity contribution in [3.8, 4) is 5.75 Å². The van der Waals surface area contributed by atoms with Gasteiger partial charge in [-0.2, -0.15) is 0 Å². The van der Waals surface area contributed by atoms with Crippen molar-refractivity contribution >= 4 is 5.97 Å². The second kappa shape index (κ2) is 6.39. The van der Waals surface area contributed by atoms with Crippen LogP contribution in [0.1, 0.15) is 26.2 Å². The molecule has 1 aliphatic rings. The summed E-state index contributed by atoms with van der Waals surface area (Å²) in [5.74, 6) is -1.75. The van der Waals surface area contributed by atoms with Crippen LogP contribution in [0.2, 0.25) is 0 Å². The minimum Gasteiger partial charge on any atom is -0.490 e. The Kier molecular flexibility index (Phi) is 4.77. The van der Waals surface area contributed by atoms with Gasteiger partial charge in [-0.3, -0.25) is 10.1 Å². The fraction of sp³-hybridized carbons (Fsp3) is 0.533. The van der Waals surface area contributed by atoms with Crippen molar-refractivity contribution < 1.29 is 23.0 Å². The second-order valence-electron chi connectivity index (χ2n) is 5.42. The first kappa shape index (κ1) is 15.7. The topological polar surface area (TPSA) is 47.6 Å². The molecule has 0 bridgehead atoms. The van der Waals surface area contributed by atoms with E-state index in [2.05, 4.69) is 5.32 Å². The van der Waals surface area contributed by atoms with Crippen molar-refractivity contribution in [1.82, 2.24) is 5.32 Å². The summed E-state index contributed by atoms with van der Waals surface area (Å²) in [6.07, 6.45) is 2.34. The molecule has 6 heteroatoms. The van der Waals surface area contributed by atoms with Gasteiger partial charge in [0.1, 0.15) is 11.4 Å². The molecule has 1 aromatic rings. The molecule has 1 fully saturated rings. The van der Waals surface area contributed by atoms with Crippen LogP contribution in [0.5, 0.6) is 5.75 Å². The summed E-state index contributed by atoms with van der Waals surface area (Å²) in [4.78, 5) is 11.9. The van der Waals surface area contributed by atoms with Gasteiger partial charge in [-0.25, -0.2) is 8.78 Å². The quantitative estimate of drug-likeness (QED) is 0.786. The molecule has 1 saturated carbocycles. The molecule has 0 spiro atoms. The Morgan fingerprint density at radius 1 is 1.43 bits per heavy atom. The van der Waals surface area contributed by atoms with Gasteiger partial charge in [0.25, 0.3) is 0 Å². The van der Waals surface area contributed by atoms with Crippen molar-refractivity contribution in [2.24, 2.45) is 0 Å². The molecule has 116 valence electrons. The molecule has 0 aromatic heterocycles. The fourth-order valence-electron chi connectivity index (χ4n) is 2.09. The zero-order valence-electron chi connectivity index (χ0n) is 12.1. The standard InChI is InChI=1S/C15H19F2NO3/c1-15(14(19)20-2,18-11-4-5-11)7-8-21-13-9-10(16)3-6-12(13)17/h3,6,9,11,18H,4-5,7-8H2,1-2H3.